The molecule has 0 unspecified atom stereocenters. The topological polar surface area (TPSA) is 70.5 Å². The van der Waals surface area contributed by atoms with Gasteiger partial charge in [-0.15, -0.1) is 11.3 Å². The summed E-state index contributed by atoms with van der Waals surface area (Å²) < 4.78 is 106. The highest BCUT2D eigenvalue weighted by Gasteiger charge is 2.73. The Morgan fingerprint density at radius 2 is 1.58 bits per heavy atom. The molecule has 0 aromatic carbocycles. The fourth-order valence-electron chi connectivity index (χ4n) is 4.13. The molecule has 13 heteroatoms. The van der Waals surface area contributed by atoms with Crippen LogP contribution in [0.1, 0.15) is 56.7 Å². The van der Waals surface area contributed by atoms with E-state index in [0.29, 0.717) is 17.1 Å². The van der Waals surface area contributed by atoms with Crippen LogP contribution in [-0.4, -0.2) is 53.4 Å². The monoisotopic (exact) mass is 496 g/mol. The largest absolute Gasteiger partial charge is 0.426 e. The maximum Gasteiger partial charge on any atom is 0.426 e. The summed E-state index contributed by atoms with van der Waals surface area (Å²) in [6, 6.07) is -0.756. The number of alkyl halides is 6. The van der Waals surface area contributed by atoms with E-state index < -0.39 is 52.8 Å². The molecule has 1 fully saturated rings. The van der Waals surface area contributed by atoms with Crippen LogP contribution in [0.2, 0.25) is 0 Å². The van der Waals surface area contributed by atoms with Gasteiger partial charge in [0.25, 0.3) is 15.6 Å². The number of thiazole rings is 1. The summed E-state index contributed by atoms with van der Waals surface area (Å²) in [5.74, 6) is -2.09. The number of hydrogen-bond donors (Lipinski definition) is 1. The highest BCUT2D eigenvalue weighted by Crippen LogP contribution is 2.52. The molecule has 0 bridgehead atoms. The number of aromatic nitrogens is 1. The van der Waals surface area contributed by atoms with Gasteiger partial charge in [-0.1, -0.05) is 13.8 Å². The van der Waals surface area contributed by atoms with Crippen LogP contribution >= 0.6 is 11.3 Å². The molecule has 180 valence electrons. The normalized spacial score (nSPS) is 21.6. The minimum atomic E-state index is -5.88. The highest BCUT2D eigenvalue weighted by atomic mass is 32.2. The molecule has 31 heavy (non-hydrogen) atoms. The maximum atomic E-state index is 13.2. The average Bonchev–Trinajstić information content (AvgIpc) is 3.01. The number of nitrogens with zero attached hydrogens (tertiary/aromatic N) is 2. The first-order valence-electron chi connectivity index (χ1n) is 9.95. The zero-order chi connectivity index (χ0) is 23.8. The molecule has 5 nitrogen and oxygen atoms in total. The summed E-state index contributed by atoms with van der Waals surface area (Å²) in [6.45, 7) is 5.06. The molecule has 2 rings (SSSR count). The minimum absolute atomic E-state index is 0.0148. The number of aryl methyl sites for hydroxylation is 2. The van der Waals surface area contributed by atoms with E-state index in [1.54, 1.807) is 13.8 Å². The molecule has 0 aliphatic heterocycles. The van der Waals surface area contributed by atoms with Gasteiger partial charge in [0, 0.05) is 18.5 Å². The van der Waals surface area contributed by atoms with Gasteiger partial charge >= 0.3 is 12.4 Å². The van der Waals surface area contributed by atoms with Crippen molar-refractivity contribution in [3.63, 3.8) is 0 Å². The lowest BCUT2D eigenvalue weighted by Gasteiger charge is -2.43. The predicted octanol–water partition coefficient (Wildman–Crippen LogP) is 4.83. The maximum absolute atomic E-state index is 13.2. The molecule has 0 amide bonds. The lowest BCUT2D eigenvalue weighted by molar-refractivity contribution is -0.387. The Morgan fingerprint density at radius 1 is 1.06 bits per heavy atom. The standard InChI is InChI=1S/C18H26F6N2O3S2/c1-4-6-14-25-11(3)15(30-14)31(28,29)26(5-2)13-9-7-12(8-10-13)16(27,17(19,20)21)18(22,23)24/h12-13,27H,4-10H2,1-3H3. The summed E-state index contributed by atoms with van der Waals surface area (Å²) in [5.41, 5.74) is -4.49. The van der Waals surface area contributed by atoms with E-state index in [1.807, 2.05) is 6.92 Å². The summed E-state index contributed by atoms with van der Waals surface area (Å²) >= 11 is 1.03. The van der Waals surface area contributed by atoms with E-state index in [9.17, 15) is 39.9 Å². The van der Waals surface area contributed by atoms with Gasteiger partial charge in [-0.2, -0.15) is 30.6 Å². The Labute approximate surface area is 181 Å². The van der Waals surface area contributed by atoms with Gasteiger partial charge in [-0.25, -0.2) is 13.4 Å². The SMILES string of the molecule is CCCc1nc(C)c(S(=O)(=O)N(CC)C2CCC(C(O)(C(F)(F)F)C(F)(F)F)CC2)s1. The van der Waals surface area contributed by atoms with Crippen molar-refractivity contribution in [1.29, 1.82) is 0 Å². The van der Waals surface area contributed by atoms with Crippen LogP contribution in [0.3, 0.4) is 0 Å². The minimum Gasteiger partial charge on any atom is -0.373 e. The summed E-state index contributed by atoms with van der Waals surface area (Å²) in [7, 11) is -4.01. The van der Waals surface area contributed by atoms with Crippen molar-refractivity contribution in [3.05, 3.63) is 10.7 Å². The van der Waals surface area contributed by atoms with Crippen LogP contribution in [-0.2, 0) is 16.4 Å². The molecule has 0 atom stereocenters. The molecule has 1 aliphatic rings. The van der Waals surface area contributed by atoms with Gasteiger partial charge in [0.05, 0.1) is 10.7 Å². The van der Waals surface area contributed by atoms with Gasteiger partial charge in [-0.05, 0) is 45.4 Å². The molecule has 1 heterocycles. The van der Waals surface area contributed by atoms with E-state index in [1.165, 1.54) is 0 Å². The first-order valence-corrected chi connectivity index (χ1v) is 12.2. The van der Waals surface area contributed by atoms with Crippen LogP contribution in [0, 0.1) is 12.8 Å². The van der Waals surface area contributed by atoms with Crippen LogP contribution < -0.4 is 0 Å². The second-order valence-corrected chi connectivity index (χ2v) is 10.9. The quantitative estimate of drug-likeness (QED) is 0.549. The van der Waals surface area contributed by atoms with Crippen LogP contribution in [0.15, 0.2) is 4.21 Å². The molecule has 0 spiro atoms. The molecule has 1 N–H and O–H groups in total. The number of aliphatic hydroxyl groups is 1. The van der Waals surface area contributed by atoms with E-state index in [2.05, 4.69) is 4.98 Å². The summed E-state index contributed by atoms with van der Waals surface area (Å²) in [6.07, 6.45) is -12.0. The average molecular weight is 497 g/mol. The second kappa shape index (κ2) is 9.14. The van der Waals surface area contributed by atoms with Gasteiger partial charge in [0.1, 0.15) is 0 Å². The molecule has 1 aliphatic carbocycles. The molecule has 1 aromatic heterocycles. The van der Waals surface area contributed by atoms with E-state index in [-0.39, 0.29) is 23.6 Å². The number of hydrogen-bond acceptors (Lipinski definition) is 5. The highest BCUT2D eigenvalue weighted by molar-refractivity contribution is 7.91. The third kappa shape index (κ3) is 4.88. The number of rotatable bonds is 7. The van der Waals surface area contributed by atoms with Crippen molar-refractivity contribution in [1.82, 2.24) is 9.29 Å². The fraction of sp³-hybridized carbons (Fsp3) is 0.833. The summed E-state index contributed by atoms with van der Waals surface area (Å²) in [4.78, 5) is 4.26. The van der Waals surface area contributed by atoms with Crippen LogP contribution in [0.5, 0.6) is 0 Å². The zero-order valence-electron chi connectivity index (χ0n) is 17.3. The van der Waals surface area contributed by atoms with Crippen molar-refractivity contribution < 1.29 is 39.9 Å². The smallest absolute Gasteiger partial charge is 0.373 e. The zero-order valence-corrected chi connectivity index (χ0v) is 19.0. The van der Waals surface area contributed by atoms with Gasteiger partial charge < -0.3 is 5.11 Å². The molecule has 0 saturated heterocycles. The van der Waals surface area contributed by atoms with Crippen molar-refractivity contribution in [2.45, 2.75) is 87.5 Å². The van der Waals surface area contributed by atoms with Crippen molar-refractivity contribution in [3.8, 4) is 0 Å². The van der Waals surface area contributed by atoms with Crippen molar-refractivity contribution in [2.75, 3.05) is 6.54 Å². The van der Waals surface area contributed by atoms with Crippen LogP contribution in [0.4, 0.5) is 26.3 Å². The second-order valence-electron chi connectivity index (χ2n) is 7.71. The lowest BCUT2D eigenvalue weighted by atomic mass is 9.74. The first-order chi connectivity index (χ1) is 14.1. The van der Waals surface area contributed by atoms with Crippen molar-refractivity contribution >= 4 is 21.4 Å². The molecular formula is C18H26F6N2O3S2. The first kappa shape index (κ1) is 26.3. The van der Waals surface area contributed by atoms with Gasteiger partial charge in [0.2, 0.25) is 0 Å². The number of halogens is 6. The molecular weight excluding hydrogens is 470 g/mol. The Morgan fingerprint density at radius 3 is 2.00 bits per heavy atom. The molecule has 0 radical (unpaired) electrons. The number of sulfonamides is 1. The Balaban J connectivity index is 2.25. The van der Waals surface area contributed by atoms with Gasteiger partial charge in [0.15, 0.2) is 4.21 Å². The third-order valence-corrected chi connectivity index (χ3v) is 9.51. The summed E-state index contributed by atoms with van der Waals surface area (Å²) in [5, 5.41) is 10.3. The Bertz CT molecular complexity index is 845. The third-order valence-electron chi connectivity index (χ3n) is 5.68. The van der Waals surface area contributed by atoms with E-state index in [0.717, 1.165) is 22.1 Å². The lowest BCUT2D eigenvalue weighted by Crippen LogP contribution is -2.62. The fourth-order valence-corrected chi connectivity index (χ4v) is 7.60. The van der Waals surface area contributed by atoms with E-state index in [4.69, 9.17) is 0 Å². The molecule has 1 saturated carbocycles. The van der Waals surface area contributed by atoms with Gasteiger partial charge in [-0.3, -0.25) is 0 Å². The van der Waals surface area contributed by atoms with Crippen LogP contribution in [0.25, 0.3) is 0 Å². The predicted molar refractivity (Wildman–Crippen MR) is 103 cm³/mol. The Kier molecular flexibility index (Phi) is 7.77. The Hall–Kier alpha value is -0.920. The van der Waals surface area contributed by atoms with Crippen molar-refractivity contribution in [2.24, 2.45) is 5.92 Å². The van der Waals surface area contributed by atoms with E-state index >= 15 is 0 Å². The molecule has 1 aromatic rings.